The van der Waals surface area contributed by atoms with Gasteiger partial charge in [-0.1, -0.05) is 29.8 Å². The molecule has 6 heteroatoms. The van der Waals surface area contributed by atoms with Crippen molar-refractivity contribution in [3.8, 4) is 0 Å². The molecule has 0 atom stereocenters. The highest BCUT2D eigenvalue weighted by molar-refractivity contribution is 5.60. The molecule has 0 spiro atoms. The largest absolute Gasteiger partial charge is 0.366 e. The summed E-state index contributed by atoms with van der Waals surface area (Å²) in [5, 5.41) is 3.31. The van der Waals surface area contributed by atoms with Crippen molar-refractivity contribution in [2.24, 2.45) is 0 Å². The molecule has 1 fully saturated rings. The zero-order valence-electron chi connectivity index (χ0n) is 16.2. The molecule has 1 aromatic heterocycles. The first-order valence-corrected chi connectivity index (χ1v) is 9.52. The number of anilines is 4. The zero-order valence-corrected chi connectivity index (χ0v) is 16.2. The lowest BCUT2D eigenvalue weighted by Crippen LogP contribution is -2.47. The maximum absolute atomic E-state index is 14.0. The number of rotatable bonds is 4. The maximum atomic E-state index is 14.0. The number of hydrogen-bond acceptors (Lipinski definition) is 5. The second-order valence-electron chi connectivity index (χ2n) is 7.11. The van der Waals surface area contributed by atoms with Crippen LogP contribution in [0.15, 0.2) is 54.7 Å². The fourth-order valence-corrected chi connectivity index (χ4v) is 3.54. The highest BCUT2D eigenvalue weighted by Gasteiger charge is 2.20. The number of piperazine rings is 1. The van der Waals surface area contributed by atoms with Gasteiger partial charge in [-0.3, -0.25) is 0 Å². The lowest BCUT2D eigenvalue weighted by atomic mass is 10.1. The normalized spacial score (nSPS) is 14.2. The number of nitrogens with zero attached hydrogens (tertiary/aromatic N) is 4. The van der Waals surface area contributed by atoms with Crippen LogP contribution in [0.5, 0.6) is 0 Å². The number of halogens is 1. The number of aromatic nitrogens is 2. The van der Waals surface area contributed by atoms with E-state index >= 15 is 0 Å². The van der Waals surface area contributed by atoms with Gasteiger partial charge in [0.05, 0.1) is 5.69 Å². The first-order valence-electron chi connectivity index (χ1n) is 9.52. The molecule has 2 heterocycles. The minimum atomic E-state index is -0.169. The van der Waals surface area contributed by atoms with Crippen LogP contribution in [0, 0.1) is 19.7 Å². The van der Waals surface area contributed by atoms with Gasteiger partial charge in [-0.2, -0.15) is 4.98 Å². The van der Waals surface area contributed by atoms with E-state index in [2.05, 4.69) is 51.1 Å². The third kappa shape index (κ3) is 3.91. The predicted molar refractivity (Wildman–Crippen MR) is 112 cm³/mol. The molecule has 0 radical (unpaired) electrons. The molecule has 0 amide bonds. The van der Waals surface area contributed by atoms with Crippen molar-refractivity contribution in [1.29, 1.82) is 0 Å². The van der Waals surface area contributed by atoms with Crippen LogP contribution >= 0.6 is 0 Å². The molecule has 1 saturated heterocycles. The van der Waals surface area contributed by atoms with Gasteiger partial charge in [-0.15, -0.1) is 0 Å². The number of nitrogens with one attached hydrogen (secondary N) is 1. The standard InChI is InChI=1S/C22H24FN5/c1-16-7-8-19(17(2)15-16)25-22-24-10-9-21(26-22)28-13-11-27(12-14-28)20-6-4-3-5-18(20)23/h3-10,15H,11-14H2,1-2H3,(H,24,25,26). The van der Waals surface area contributed by atoms with Crippen LogP contribution in [0.4, 0.5) is 27.5 Å². The lowest BCUT2D eigenvalue weighted by Gasteiger charge is -2.36. The van der Waals surface area contributed by atoms with E-state index in [1.807, 2.05) is 24.3 Å². The van der Waals surface area contributed by atoms with Gasteiger partial charge in [-0.25, -0.2) is 9.37 Å². The van der Waals surface area contributed by atoms with Crippen LogP contribution in [-0.4, -0.2) is 36.1 Å². The van der Waals surface area contributed by atoms with Crippen LogP contribution in [0.1, 0.15) is 11.1 Å². The lowest BCUT2D eigenvalue weighted by molar-refractivity contribution is 0.596. The van der Waals surface area contributed by atoms with Crippen LogP contribution in [0.25, 0.3) is 0 Å². The zero-order chi connectivity index (χ0) is 19.5. The first-order chi connectivity index (χ1) is 13.6. The Hall–Kier alpha value is -3.15. The van der Waals surface area contributed by atoms with Crippen molar-refractivity contribution in [2.75, 3.05) is 41.3 Å². The Labute approximate surface area is 164 Å². The summed E-state index contributed by atoms with van der Waals surface area (Å²) in [6.45, 7) is 7.23. The Balaban J connectivity index is 1.44. The van der Waals surface area contributed by atoms with Crippen molar-refractivity contribution in [3.05, 3.63) is 71.7 Å². The van der Waals surface area contributed by atoms with E-state index in [0.717, 1.165) is 43.2 Å². The molecule has 0 aliphatic carbocycles. The van der Waals surface area contributed by atoms with Crippen molar-refractivity contribution >= 4 is 23.1 Å². The molecule has 1 aliphatic heterocycles. The second kappa shape index (κ2) is 7.84. The third-order valence-corrected chi connectivity index (χ3v) is 5.07. The summed E-state index contributed by atoms with van der Waals surface area (Å²) in [7, 11) is 0. The molecule has 144 valence electrons. The van der Waals surface area contributed by atoms with Crippen LogP contribution < -0.4 is 15.1 Å². The van der Waals surface area contributed by atoms with E-state index in [-0.39, 0.29) is 5.82 Å². The van der Waals surface area contributed by atoms with E-state index in [1.165, 1.54) is 11.6 Å². The van der Waals surface area contributed by atoms with Crippen LogP contribution in [0.2, 0.25) is 0 Å². The molecule has 28 heavy (non-hydrogen) atoms. The van der Waals surface area contributed by atoms with Gasteiger partial charge in [0.1, 0.15) is 11.6 Å². The molecular weight excluding hydrogens is 353 g/mol. The molecule has 0 bridgehead atoms. The monoisotopic (exact) mass is 377 g/mol. The van der Waals surface area contributed by atoms with Crippen molar-refractivity contribution < 1.29 is 4.39 Å². The van der Waals surface area contributed by atoms with E-state index in [0.29, 0.717) is 11.6 Å². The fraction of sp³-hybridized carbons (Fsp3) is 0.273. The molecule has 5 nitrogen and oxygen atoms in total. The number of aryl methyl sites for hydroxylation is 2. The smallest absolute Gasteiger partial charge is 0.229 e. The Kier molecular flexibility index (Phi) is 5.10. The SMILES string of the molecule is Cc1ccc(Nc2nccc(N3CCN(c4ccccc4F)CC3)n2)c(C)c1. The van der Waals surface area contributed by atoms with E-state index in [4.69, 9.17) is 0 Å². The van der Waals surface area contributed by atoms with Gasteiger partial charge < -0.3 is 15.1 Å². The second-order valence-corrected chi connectivity index (χ2v) is 7.11. The molecule has 1 aliphatic rings. The van der Waals surface area contributed by atoms with Crippen LogP contribution in [-0.2, 0) is 0 Å². The van der Waals surface area contributed by atoms with Gasteiger partial charge >= 0.3 is 0 Å². The number of para-hydroxylation sites is 1. The minimum Gasteiger partial charge on any atom is -0.366 e. The summed E-state index contributed by atoms with van der Waals surface area (Å²) in [6.07, 6.45) is 1.78. The van der Waals surface area contributed by atoms with E-state index in [1.54, 1.807) is 12.3 Å². The van der Waals surface area contributed by atoms with Crippen molar-refractivity contribution in [3.63, 3.8) is 0 Å². The highest BCUT2D eigenvalue weighted by Crippen LogP contribution is 2.24. The third-order valence-electron chi connectivity index (χ3n) is 5.07. The molecule has 4 rings (SSSR count). The summed E-state index contributed by atoms with van der Waals surface area (Å²) in [6, 6.07) is 15.1. The Morgan fingerprint density at radius 2 is 1.68 bits per heavy atom. The average molecular weight is 377 g/mol. The Morgan fingerprint density at radius 1 is 0.929 bits per heavy atom. The van der Waals surface area contributed by atoms with Gasteiger partial charge in [0.2, 0.25) is 5.95 Å². The molecule has 0 saturated carbocycles. The molecule has 2 aromatic carbocycles. The molecule has 1 N–H and O–H groups in total. The Bertz CT molecular complexity index is 967. The summed E-state index contributed by atoms with van der Waals surface area (Å²) in [4.78, 5) is 13.3. The quantitative estimate of drug-likeness (QED) is 0.734. The van der Waals surface area contributed by atoms with Crippen molar-refractivity contribution in [2.45, 2.75) is 13.8 Å². The van der Waals surface area contributed by atoms with E-state index < -0.39 is 0 Å². The average Bonchev–Trinajstić information content (AvgIpc) is 2.71. The summed E-state index contributed by atoms with van der Waals surface area (Å²) in [5.41, 5.74) is 4.06. The van der Waals surface area contributed by atoms with Gasteiger partial charge in [-0.05, 0) is 43.7 Å². The van der Waals surface area contributed by atoms with Gasteiger partial charge in [0, 0.05) is 38.1 Å². The van der Waals surface area contributed by atoms with Gasteiger partial charge in [0.25, 0.3) is 0 Å². The molecular formula is C22H24FN5. The first kappa shape index (κ1) is 18.2. The summed E-state index contributed by atoms with van der Waals surface area (Å²) < 4.78 is 14.0. The van der Waals surface area contributed by atoms with Gasteiger partial charge in [0.15, 0.2) is 0 Å². The topological polar surface area (TPSA) is 44.3 Å². The summed E-state index contributed by atoms with van der Waals surface area (Å²) >= 11 is 0. The van der Waals surface area contributed by atoms with Crippen LogP contribution in [0.3, 0.4) is 0 Å². The van der Waals surface area contributed by atoms with E-state index in [9.17, 15) is 4.39 Å². The highest BCUT2D eigenvalue weighted by atomic mass is 19.1. The maximum Gasteiger partial charge on any atom is 0.229 e. The molecule has 0 unspecified atom stereocenters. The van der Waals surface area contributed by atoms with Crippen molar-refractivity contribution in [1.82, 2.24) is 9.97 Å². The minimum absolute atomic E-state index is 0.169. The number of benzene rings is 2. The predicted octanol–water partition coefficient (Wildman–Crippen LogP) is 4.30. The summed E-state index contributed by atoms with van der Waals surface area (Å²) in [5.74, 6) is 1.30. The number of hydrogen-bond donors (Lipinski definition) is 1. The molecule has 3 aromatic rings. The fourth-order valence-electron chi connectivity index (χ4n) is 3.54. The Morgan fingerprint density at radius 3 is 2.43 bits per heavy atom.